The Labute approximate surface area is 182 Å². The Morgan fingerprint density at radius 3 is 2.84 bits per heavy atom. The molecule has 1 N–H and O–H groups in total. The fraction of sp³-hybridized carbons (Fsp3) is 0.619. The van der Waals surface area contributed by atoms with E-state index in [1.54, 1.807) is 18.0 Å². The van der Waals surface area contributed by atoms with Crippen molar-refractivity contribution in [1.82, 2.24) is 25.1 Å². The van der Waals surface area contributed by atoms with E-state index in [9.17, 15) is 4.79 Å². The van der Waals surface area contributed by atoms with Gasteiger partial charge in [0.05, 0.1) is 25.0 Å². The summed E-state index contributed by atoms with van der Waals surface area (Å²) in [6.07, 6.45) is 5.56. The summed E-state index contributed by atoms with van der Waals surface area (Å²) in [5, 5.41) is 7.31. The van der Waals surface area contributed by atoms with Crippen molar-refractivity contribution in [3.05, 3.63) is 18.5 Å². The average Bonchev–Trinajstić information content (AvgIpc) is 3.23. The number of aryl methyl sites for hydroxylation is 1. The molecule has 10 heteroatoms. The lowest BCUT2D eigenvalue weighted by atomic mass is 10.0. The maximum atomic E-state index is 12.6. The number of methoxy groups -OCH3 is 1. The zero-order chi connectivity index (χ0) is 21.6. The summed E-state index contributed by atoms with van der Waals surface area (Å²) >= 11 is 0. The second kappa shape index (κ2) is 10.1. The van der Waals surface area contributed by atoms with E-state index in [1.807, 2.05) is 19.3 Å². The van der Waals surface area contributed by atoms with Gasteiger partial charge in [0.15, 0.2) is 11.6 Å². The second-order valence-electron chi connectivity index (χ2n) is 8.00. The maximum Gasteiger partial charge on any atom is 0.239 e. The first-order valence-corrected chi connectivity index (χ1v) is 10.8. The SMILES string of the molecule is COCCN1CCN(CC(=O)NCC2CCOCC2)c2cnc(-c3ccnn3C)nc21. The van der Waals surface area contributed by atoms with E-state index in [1.165, 1.54) is 0 Å². The Hall–Kier alpha value is -2.72. The number of carbonyl (C=O) groups is 1. The molecule has 31 heavy (non-hydrogen) atoms. The number of amides is 1. The van der Waals surface area contributed by atoms with Crippen LogP contribution in [0.2, 0.25) is 0 Å². The second-order valence-corrected chi connectivity index (χ2v) is 8.00. The molecule has 10 nitrogen and oxygen atoms in total. The van der Waals surface area contributed by atoms with Gasteiger partial charge in [-0.1, -0.05) is 0 Å². The molecule has 0 aromatic carbocycles. The third-order valence-corrected chi connectivity index (χ3v) is 5.91. The van der Waals surface area contributed by atoms with Gasteiger partial charge in [0.25, 0.3) is 0 Å². The molecule has 2 aromatic rings. The summed E-state index contributed by atoms with van der Waals surface area (Å²) in [5.41, 5.74) is 1.72. The summed E-state index contributed by atoms with van der Waals surface area (Å²) in [7, 11) is 3.57. The molecule has 0 aliphatic carbocycles. The van der Waals surface area contributed by atoms with Crippen molar-refractivity contribution in [2.45, 2.75) is 12.8 Å². The molecule has 1 amide bonds. The molecule has 0 spiro atoms. The normalized spacial score (nSPS) is 17.0. The monoisotopic (exact) mass is 429 g/mol. The molecule has 2 aromatic heterocycles. The van der Waals surface area contributed by atoms with Crippen molar-refractivity contribution in [2.75, 3.05) is 69.5 Å². The minimum absolute atomic E-state index is 0.0264. The van der Waals surface area contributed by atoms with Crippen molar-refractivity contribution < 1.29 is 14.3 Å². The first kappa shape index (κ1) is 21.5. The first-order valence-electron chi connectivity index (χ1n) is 10.8. The van der Waals surface area contributed by atoms with Gasteiger partial charge in [-0.3, -0.25) is 9.48 Å². The number of fused-ring (bicyclic) bond motifs is 1. The van der Waals surface area contributed by atoms with Gasteiger partial charge in [0, 0.05) is 59.7 Å². The Balaban J connectivity index is 1.48. The average molecular weight is 430 g/mol. The Kier molecular flexibility index (Phi) is 6.98. The van der Waals surface area contributed by atoms with Gasteiger partial charge in [-0.2, -0.15) is 5.10 Å². The van der Waals surface area contributed by atoms with Crippen molar-refractivity contribution >= 4 is 17.4 Å². The van der Waals surface area contributed by atoms with Crippen molar-refractivity contribution in [2.24, 2.45) is 13.0 Å². The van der Waals surface area contributed by atoms with E-state index in [0.29, 0.717) is 31.4 Å². The highest BCUT2D eigenvalue weighted by Crippen LogP contribution is 2.32. The number of ether oxygens (including phenoxy) is 2. The molecule has 1 saturated heterocycles. The zero-order valence-corrected chi connectivity index (χ0v) is 18.3. The third-order valence-electron chi connectivity index (χ3n) is 5.91. The lowest BCUT2D eigenvalue weighted by Crippen LogP contribution is -2.47. The number of rotatable bonds is 8. The van der Waals surface area contributed by atoms with E-state index >= 15 is 0 Å². The van der Waals surface area contributed by atoms with Crippen molar-refractivity contribution in [3.8, 4) is 11.5 Å². The number of hydrogen-bond donors (Lipinski definition) is 1. The van der Waals surface area contributed by atoms with E-state index in [-0.39, 0.29) is 5.91 Å². The molecule has 168 valence electrons. The zero-order valence-electron chi connectivity index (χ0n) is 18.3. The lowest BCUT2D eigenvalue weighted by Gasteiger charge is -2.37. The fourth-order valence-electron chi connectivity index (χ4n) is 4.03. The van der Waals surface area contributed by atoms with Crippen LogP contribution in [0.5, 0.6) is 0 Å². The smallest absolute Gasteiger partial charge is 0.239 e. The van der Waals surface area contributed by atoms with Gasteiger partial charge >= 0.3 is 0 Å². The van der Waals surface area contributed by atoms with Crippen molar-refractivity contribution in [1.29, 1.82) is 0 Å². The van der Waals surface area contributed by atoms with E-state index in [2.05, 4.69) is 25.2 Å². The van der Waals surface area contributed by atoms with Crippen molar-refractivity contribution in [3.63, 3.8) is 0 Å². The Morgan fingerprint density at radius 2 is 2.10 bits per heavy atom. The molecule has 0 saturated carbocycles. The minimum atomic E-state index is 0.0264. The predicted molar refractivity (Wildman–Crippen MR) is 117 cm³/mol. The number of nitrogens with zero attached hydrogens (tertiary/aromatic N) is 6. The highest BCUT2D eigenvalue weighted by atomic mass is 16.5. The number of hydrogen-bond acceptors (Lipinski definition) is 8. The molecule has 0 bridgehead atoms. The largest absolute Gasteiger partial charge is 0.383 e. The number of nitrogens with one attached hydrogen (secondary N) is 1. The molecule has 4 rings (SSSR count). The number of carbonyl (C=O) groups excluding carboxylic acids is 1. The number of aromatic nitrogens is 4. The summed E-state index contributed by atoms with van der Waals surface area (Å²) in [4.78, 5) is 26.3. The lowest BCUT2D eigenvalue weighted by molar-refractivity contribution is -0.120. The Morgan fingerprint density at radius 1 is 1.29 bits per heavy atom. The highest BCUT2D eigenvalue weighted by molar-refractivity contribution is 5.83. The van der Waals surface area contributed by atoms with Crippen LogP contribution < -0.4 is 15.1 Å². The van der Waals surface area contributed by atoms with Crippen LogP contribution >= 0.6 is 0 Å². The van der Waals surface area contributed by atoms with Crippen LogP contribution in [0, 0.1) is 5.92 Å². The number of anilines is 2. The van der Waals surface area contributed by atoms with Crippen LogP contribution in [0.4, 0.5) is 11.5 Å². The van der Waals surface area contributed by atoms with E-state index < -0.39 is 0 Å². The van der Waals surface area contributed by atoms with Gasteiger partial charge in [-0.15, -0.1) is 0 Å². The van der Waals surface area contributed by atoms with Crippen LogP contribution in [-0.4, -0.2) is 85.3 Å². The van der Waals surface area contributed by atoms with E-state index in [4.69, 9.17) is 14.5 Å². The van der Waals surface area contributed by atoms with Crippen LogP contribution in [0.3, 0.4) is 0 Å². The van der Waals surface area contributed by atoms with Gasteiger partial charge in [0.2, 0.25) is 5.91 Å². The van der Waals surface area contributed by atoms with Gasteiger partial charge in [0.1, 0.15) is 5.69 Å². The molecule has 4 heterocycles. The van der Waals surface area contributed by atoms with Gasteiger partial charge < -0.3 is 24.6 Å². The fourth-order valence-corrected chi connectivity index (χ4v) is 4.03. The maximum absolute atomic E-state index is 12.6. The van der Waals surface area contributed by atoms with Crippen LogP contribution in [0.1, 0.15) is 12.8 Å². The molecule has 0 atom stereocenters. The predicted octanol–water partition coefficient (Wildman–Crippen LogP) is 0.693. The van der Waals surface area contributed by atoms with E-state index in [0.717, 1.165) is 62.9 Å². The quantitative estimate of drug-likeness (QED) is 0.655. The summed E-state index contributed by atoms with van der Waals surface area (Å²) in [6, 6.07) is 1.89. The van der Waals surface area contributed by atoms with Crippen LogP contribution in [-0.2, 0) is 21.3 Å². The molecule has 2 aliphatic rings. The van der Waals surface area contributed by atoms with Gasteiger partial charge in [-0.05, 0) is 24.8 Å². The first-order chi connectivity index (χ1) is 15.2. The summed E-state index contributed by atoms with van der Waals surface area (Å²) in [6.45, 7) is 5.41. The Bertz CT molecular complexity index is 882. The highest BCUT2D eigenvalue weighted by Gasteiger charge is 2.27. The third kappa shape index (κ3) is 5.13. The van der Waals surface area contributed by atoms with Crippen LogP contribution in [0.15, 0.2) is 18.5 Å². The summed E-state index contributed by atoms with van der Waals surface area (Å²) < 4.78 is 12.4. The molecular weight excluding hydrogens is 398 g/mol. The summed E-state index contributed by atoms with van der Waals surface area (Å²) in [5.74, 6) is 1.97. The van der Waals surface area contributed by atoms with Crippen LogP contribution in [0.25, 0.3) is 11.5 Å². The molecule has 2 aliphatic heterocycles. The molecule has 1 fully saturated rings. The van der Waals surface area contributed by atoms with Gasteiger partial charge in [-0.25, -0.2) is 9.97 Å². The minimum Gasteiger partial charge on any atom is -0.383 e. The molecule has 0 radical (unpaired) electrons. The molecular formula is C21H31N7O3. The topological polar surface area (TPSA) is 97.6 Å². The molecule has 0 unspecified atom stereocenters. The standard InChI is InChI=1S/C21H31N7O3/c1-26-17(3-6-24-26)20-23-14-18-21(25-20)27(9-12-30-2)7-8-28(18)15-19(29)22-13-16-4-10-31-11-5-16/h3,6,14,16H,4-5,7-13,15H2,1-2H3,(H,22,29).